The molecule has 0 atom stereocenters. The standard InChI is InChI=1S/C19H20N2O2/c1-21-12-10-15-5-6-16(13-18(15)21)19(22)20-11-9-14-3-7-17(23-2)8-4-14/h3-8,10,12-13H,9,11H2,1-2H3,(H,20,22). The molecule has 2 aromatic carbocycles. The van der Waals surface area contributed by atoms with Crippen molar-refractivity contribution in [1.29, 1.82) is 0 Å². The van der Waals surface area contributed by atoms with Gasteiger partial charge < -0.3 is 14.6 Å². The third kappa shape index (κ3) is 3.37. The normalized spacial score (nSPS) is 10.7. The van der Waals surface area contributed by atoms with E-state index in [9.17, 15) is 4.79 Å². The van der Waals surface area contributed by atoms with E-state index in [1.54, 1.807) is 7.11 Å². The number of amides is 1. The van der Waals surface area contributed by atoms with Crippen molar-refractivity contribution in [3.05, 3.63) is 65.9 Å². The molecule has 0 spiro atoms. The van der Waals surface area contributed by atoms with Crippen molar-refractivity contribution in [3.8, 4) is 5.75 Å². The molecule has 0 bridgehead atoms. The van der Waals surface area contributed by atoms with Crippen molar-refractivity contribution in [2.45, 2.75) is 6.42 Å². The van der Waals surface area contributed by atoms with Gasteiger partial charge in [-0.15, -0.1) is 0 Å². The Labute approximate surface area is 135 Å². The topological polar surface area (TPSA) is 43.3 Å². The average Bonchev–Trinajstić information content (AvgIpc) is 2.96. The number of nitrogens with zero attached hydrogens (tertiary/aromatic N) is 1. The molecule has 3 rings (SSSR count). The van der Waals surface area contributed by atoms with Crippen LogP contribution >= 0.6 is 0 Å². The second-order valence-electron chi connectivity index (χ2n) is 5.55. The first-order valence-corrected chi connectivity index (χ1v) is 7.63. The largest absolute Gasteiger partial charge is 0.497 e. The van der Waals surface area contributed by atoms with Crippen molar-refractivity contribution in [3.63, 3.8) is 0 Å². The lowest BCUT2D eigenvalue weighted by atomic mass is 10.1. The minimum Gasteiger partial charge on any atom is -0.497 e. The van der Waals surface area contributed by atoms with Gasteiger partial charge in [0.15, 0.2) is 0 Å². The third-order valence-corrected chi connectivity index (χ3v) is 4.01. The highest BCUT2D eigenvalue weighted by molar-refractivity contribution is 5.98. The SMILES string of the molecule is COc1ccc(CCNC(=O)c2ccc3ccn(C)c3c2)cc1. The maximum atomic E-state index is 12.3. The number of aromatic nitrogens is 1. The number of fused-ring (bicyclic) bond motifs is 1. The summed E-state index contributed by atoms with van der Waals surface area (Å²) in [5.74, 6) is 0.801. The molecule has 0 aliphatic heterocycles. The minimum absolute atomic E-state index is 0.0402. The number of benzene rings is 2. The Morgan fingerprint density at radius 1 is 1.13 bits per heavy atom. The highest BCUT2D eigenvalue weighted by Gasteiger charge is 2.07. The molecule has 1 N–H and O–H groups in total. The summed E-state index contributed by atoms with van der Waals surface area (Å²) >= 11 is 0. The number of hydrogen-bond acceptors (Lipinski definition) is 2. The van der Waals surface area contributed by atoms with Gasteiger partial charge in [0.25, 0.3) is 5.91 Å². The monoisotopic (exact) mass is 308 g/mol. The summed E-state index contributed by atoms with van der Waals surface area (Å²) in [6.07, 6.45) is 2.79. The van der Waals surface area contributed by atoms with Crippen molar-refractivity contribution in [2.24, 2.45) is 7.05 Å². The summed E-state index contributed by atoms with van der Waals surface area (Å²) < 4.78 is 7.15. The van der Waals surface area contributed by atoms with E-state index < -0.39 is 0 Å². The number of carbonyl (C=O) groups excluding carboxylic acids is 1. The van der Waals surface area contributed by atoms with Gasteiger partial charge in [0.1, 0.15) is 5.75 Å². The molecule has 0 saturated carbocycles. The number of carbonyl (C=O) groups is 1. The van der Waals surface area contributed by atoms with Crippen LogP contribution in [0.15, 0.2) is 54.7 Å². The predicted molar refractivity (Wildman–Crippen MR) is 92.0 cm³/mol. The van der Waals surface area contributed by atoms with Gasteiger partial charge in [-0.2, -0.15) is 0 Å². The second kappa shape index (κ2) is 6.57. The number of rotatable bonds is 5. The van der Waals surface area contributed by atoms with Crippen molar-refractivity contribution in [1.82, 2.24) is 9.88 Å². The Balaban J connectivity index is 1.60. The van der Waals surface area contributed by atoms with Crippen LogP contribution in [0.5, 0.6) is 5.75 Å². The van der Waals surface area contributed by atoms with Crippen LogP contribution in [0.2, 0.25) is 0 Å². The fourth-order valence-electron chi connectivity index (χ4n) is 2.62. The molecular weight excluding hydrogens is 288 g/mol. The molecule has 1 heterocycles. The molecule has 4 nitrogen and oxygen atoms in total. The third-order valence-electron chi connectivity index (χ3n) is 4.01. The van der Waals surface area contributed by atoms with Crippen molar-refractivity contribution < 1.29 is 9.53 Å². The van der Waals surface area contributed by atoms with Crippen LogP contribution in [0.4, 0.5) is 0 Å². The van der Waals surface area contributed by atoms with Crippen molar-refractivity contribution in [2.75, 3.05) is 13.7 Å². The number of methoxy groups -OCH3 is 1. The maximum Gasteiger partial charge on any atom is 0.251 e. The molecule has 0 radical (unpaired) electrons. The summed E-state index contributed by atoms with van der Waals surface area (Å²) in [4.78, 5) is 12.3. The molecule has 3 aromatic rings. The van der Waals surface area contributed by atoms with Gasteiger partial charge in [-0.25, -0.2) is 0 Å². The molecular formula is C19H20N2O2. The first kappa shape index (κ1) is 15.2. The fourth-order valence-corrected chi connectivity index (χ4v) is 2.62. The van der Waals surface area contributed by atoms with Crippen LogP contribution in [-0.2, 0) is 13.5 Å². The number of ether oxygens (including phenoxy) is 1. The van der Waals surface area contributed by atoms with Gasteiger partial charge in [-0.05, 0) is 47.7 Å². The summed E-state index contributed by atoms with van der Waals surface area (Å²) in [7, 11) is 3.63. The van der Waals surface area contributed by atoms with Crippen molar-refractivity contribution >= 4 is 16.8 Å². The Bertz CT molecular complexity index is 819. The van der Waals surface area contributed by atoms with E-state index in [0.29, 0.717) is 12.1 Å². The van der Waals surface area contributed by atoms with Crippen LogP contribution in [0, 0.1) is 0 Å². The lowest BCUT2D eigenvalue weighted by Crippen LogP contribution is -2.25. The van der Waals surface area contributed by atoms with Crippen LogP contribution in [0.1, 0.15) is 15.9 Å². The summed E-state index contributed by atoms with van der Waals surface area (Å²) in [5.41, 5.74) is 2.92. The summed E-state index contributed by atoms with van der Waals surface area (Å²) in [6.45, 7) is 0.607. The van der Waals surface area contributed by atoms with E-state index >= 15 is 0 Å². The molecule has 1 amide bonds. The van der Waals surface area contributed by atoms with Gasteiger partial charge in [0.2, 0.25) is 0 Å². The van der Waals surface area contributed by atoms with Gasteiger partial charge in [-0.3, -0.25) is 4.79 Å². The second-order valence-corrected chi connectivity index (χ2v) is 5.55. The van der Waals surface area contributed by atoms with E-state index in [0.717, 1.165) is 23.1 Å². The lowest BCUT2D eigenvalue weighted by molar-refractivity contribution is 0.0954. The fraction of sp³-hybridized carbons (Fsp3) is 0.211. The highest BCUT2D eigenvalue weighted by Crippen LogP contribution is 2.16. The van der Waals surface area contributed by atoms with Crippen LogP contribution in [0.25, 0.3) is 10.9 Å². The lowest BCUT2D eigenvalue weighted by Gasteiger charge is -2.07. The quantitative estimate of drug-likeness (QED) is 0.787. The Hall–Kier alpha value is -2.75. The van der Waals surface area contributed by atoms with Crippen LogP contribution in [0.3, 0.4) is 0 Å². The highest BCUT2D eigenvalue weighted by atomic mass is 16.5. The smallest absolute Gasteiger partial charge is 0.251 e. The molecule has 118 valence electrons. The molecule has 23 heavy (non-hydrogen) atoms. The number of hydrogen-bond donors (Lipinski definition) is 1. The average molecular weight is 308 g/mol. The van der Waals surface area contributed by atoms with Gasteiger partial charge in [-0.1, -0.05) is 18.2 Å². The van der Waals surface area contributed by atoms with Gasteiger partial charge >= 0.3 is 0 Å². The van der Waals surface area contributed by atoms with Crippen LogP contribution in [-0.4, -0.2) is 24.1 Å². The van der Waals surface area contributed by atoms with Gasteiger partial charge in [0, 0.05) is 30.9 Å². The zero-order valence-electron chi connectivity index (χ0n) is 13.4. The Kier molecular flexibility index (Phi) is 4.33. The van der Waals surface area contributed by atoms with E-state index in [1.807, 2.05) is 66.3 Å². The first-order valence-electron chi connectivity index (χ1n) is 7.63. The Morgan fingerprint density at radius 2 is 1.91 bits per heavy atom. The van der Waals surface area contributed by atoms with Gasteiger partial charge in [0.05, 0.1) is 7.11 Å². The van der Waals surface area contributed by atoms with E-state index in [4.69, 9.17) is 4.74 Å². The number of nitrogens with one attached hydrogen (secondary N) is 1. The summed E-state index contributed by atoms with van der Waals surface area (Å²) in [5, 5.41) is 4.11. The molecule has 0 saturated heterocycles. The van der Waals surface area contributed by atoms with E-state index in [2.05, 4.69) is 5.32 Å². The molecule has 0 aliphatic rings. The van der Waals surface area contributed by atoms with E-state index in [1.165, 1.54) is 5.56 Å². The molecule has 0 aliphatic carbocycles. The predicted octanol–water partition coefficient (Wildman–Crippen LogP) is 3.16. The molecule has 0 unspecified atom stereocenters. The maximum absolute atomic E-state index is 12.3. The Morgan fingerprint density at radius 3 is 2.65 bits per heavy atom. The summed E-state index contributed by atoms with van der Waals surface area (Å²) in [6, 6.07) is 15.7. The number of aryl methyl sites for hydroxylation is 1. The van der Waals surface area contributed by atoms with Crippen LogP contribution < -0.4 is 10.1 Å². The first-order chi connectivity index (χ1) is 11.2. The minimum atomic E-state index is -0.0402. The molecule has 0 fully saturated rings. The molecule has 1 aromatic heterocycles. The zero-order chi connectivity index (χ0) is 16.2. The molecule has 4 heteroatoms. The van der Waals surface area contributed by atoms with E-state index in [-0.39, 0.29) is 5.91 Å². The zero-order valence-corrected chi connectivity index (χ0v) is 13.4.